The van der Waals surface area contributed by atoms with E-state index >= 15 is 0 Å². The lowest BCUT2D eigenvalue weighted by Gasteiger charge is -2.00. The lowest BCUT2D eigenvalue weighted by atomic mass is 10.1. The van der Waals surface area contributed by atoms with Crippen molar-refractivity contribution in [1.82, 2.24) is 4.57 Å². The number of hydrogen-bond acceptors (Lipinski definition) is 1. The first-order chi connectivity index (χ1) is 7.70. The van der Waals surface area contributed by atoms with Crippen LogP contribution in [0.1, 0.15) is 21.7 Å². The van der Waals surface area contributed by atoms with Gasteiger partial charge in [-0.2, -0.15) is 0 Å². The van der Waals surface area contributed by atoms with E-state index in [1.165, 1.54) is 11.4 Å². The van der Waals surface area contributed by atoms with E-state index in [1.54, 1.807) is 0 Å². The summed E-state index contributed by atoms with van der Waals surface area (Å²) in [5, 5.41) is 0. The van der Waals surface area contributed by atoms with Crippen molar-refractivity contribution >= 4 is 6.29 Å². The molecule has 2 rings (SSSR count). The standard InChI is InChI=1S/C13H15N2O/c1-14-7-8-15(2)13(14)9-11-3-5-12(10-16)6-4-11/h3-8,10H,9H2,1-2H3/q+1. The first kappa shape index (κ1) is 10.6. The fourth-order valence-electron chi connectivity index (χ4n) is 1.77. The zero-order valence-electron chi connectivity index (χ0n) is 9.55. The van der Waals surface area contributed by atoms with Gasteiger partial charge in [-0.3, -0.25) is 4.79 Å². The third-order valence-corrected chi connectivity index (χ3v) is 2.81. The van der Waals surface area contributed by atoms with Crippen LogP contribution in [0.5, 0.6) is 0 Å². The molecule has 0 bridgehead atoms. The molecule has 2 aromatic rings. The van der Waals surface area contributed by atoms with Gasteiger partial charge in [0.2, 0.25) is 0 Å². The van der Waals surface area contributed by atoms with Crippen LogP contribution in [0.2, 0.25) is 0 Å². The number of hydrogen-bond donors (Lipinski definition) is 0. The quantitative estimate of drug-likeness (QED) is 0.559. The number of imidazole rings is 1. The summed E-state index contributed by atoms with van der Waals surface area (Å²) >= 11 is 0. The number of nitrogens with zero attached hydrogens (tertiary/aromatic N) is 2. The summed E-state index contributed by atoms with van der Waals surface area (Å²) in [6.07, 6.45) is 5.82. The molecule has 0 atom stereocenters. The number of aldehydes is 1. The van der Waals surface area contributed by atoms with Gasteiger partial charge in [-0.05, 0) is 5.56 Å². The van der Waals surface area contributed by atoms with Gasteiger partial charge in [-0.25, -0.2) is 9.13 Å². The molecule has 0 spiro atoms. The maximum absolute atomic E-state index is 10.5. The minimum absolute atomic E-state index is 0.722. The Morgan fingerprint density at radius 1 is 1.31 bits per heavy atom. The predicted molar refractivity (Wildman–Crippen MR) is 61.2 cm³/mol. The van der Waals surface area contributed by atoms with E-state index in [9.17, 15) is 4.79 Å². The lowest BCUT2D eigenvalue weighted by molar-refractivity contribution is -0.678. The maximum atomic E-state index is 10.5. The number of aryl methyl sites for hydroxylation is 2. The van der Waals surface area contributed by atoms with Crippen molar-refractivity contribution in [3.8, 4) is 0 Å². The molecule has 0 N–H and O–H groups in total. The zero-order chi connectivity index (χ0) is 11.5. The predicted octanol–water partition coefficient (Wildman–Crippen LogP) is 1.25. The van der Waals surface area contributed by atoms with E-state index in [0.717, 1.165) is 18.3 Å². The van der Waals surface area contributed by atoms with Crippen LogP contribution in [0.15, 0.2) is 36.7 Å². The Labute approximate surface area is 95.0 Å². The van der Waals surface area contributed by atoms with Gasteiger partial charge >= 0.3 is 0 Å². The average molecular weight is 215 g/mol. The van der Waals surface area contributed by atoms with Gasteiger partial charge in [0.15, 0.2) is 0 Å². The van der Waals surface area contributed by atoms with Crippen molar-refractivity contribution in [2.45, 2.75) is 6.42 Å². The zero-order valence-corrected chi connectivity index (χ0v) is 9.55. The summed E-state index contributed by atoms with van der Waals surface area (Å²) in [5.74, 6) is 1.24. The Balaban J connectivity index is 2.23. The fourth-order valence-corrected chi connectivity index (χ4v) is 1.77. The number of carbonyl (C=O) groups excluding carboxylic acids is 1. The van der Waals surface area contributed by atoms with Crippen molar-refractivity contribution in [3.05, 3.63) is 53.6 Å². The van der Waals surface area contributed by atoms with Gasteiger partial charge < -0.3 is 0 Å². The highest BCUT2D eigenvalue weighted by atomic mass is 16.1. The van der Waals surface area contributed by atoms with Crippen molar-refractivity contribution in [2.24, 2.45) is 14.1 Å². The van der Waals surface area contributed by atoms with Crippen LogP contribution in [-0.2, 0) is 20.5 Å². The topological polar surface area (TPSA) is 25.9 Å². The molecule has 82 valence electrons. The lowest BCUT2D eigenvalue weighted by Crippen LogP contribution is -2.31. The summed E-state index contributed by atoms with van der Waals surface area (Å²) in [4.78, 5) is 10.5. The molecular weight excluding hydrogens is 200 g/mol. The average Bonchev–Trinajstić information content (AvgIpc) is 2.62. The molecule has 0 aliphatic rings. The Kier molecular flexibility index (Phi) is 2.86. The van der Waals surface area contributed by atoms with Crippen molar-refractivity contribution < 1.29 is 9.36 Å². The molecule has 0 amide bonds. The minimum Gasteiger partial charge on any atom is -0.298 e. The highest BCUT2D eigenvalue weighted by Gasteiger charge is 2.11. The Bertz CT molecular complexity index is 478. The number of carbonyl (C=O) groups is 1. The first-order valence-corrected chi connectivity index (χ1v) is 5.24. The minimum atomic E-state index is 0.722. The van der Waals surface area contributed by atoms with E-state index < -0.39 is 0 Å². The fraction of sp³-hybridized carbons (Fsp3) is 0.231. The molecule has 0 aliphatic carbocycles. The van der Waals surface area contributed by atoms with E-state index in [1.807, 2.05) is 50.8 Å². The SMILES string of the molecule is Cn1cc[n+](C)c1Cc1ccc(C=O)cc1. The van der Waals surface area contributed by atoms with Crippen LogP contribution in [0.25, 0.3) is 0 Å². The van der Waals surface area contributed by atoms with Gasteiger partial charge in [0, 0.05) is 5.56 Å². The molecule has 0 fully saturated rings. The largest absolute Gasteiger partial charge is 0.298 e. The van der Waals surface area contributed by atoms with Gasteiger partial charge in [-0.15, -0.1) is 0 Å². The van der Waals surface area contributed by atoms with E-state index in [0.29, 0.717) is 0 Å². The first-order valence-electron chi connectivity index (χ1n) is 5.24. The molecule has 0 unspecified atom stereocenters. The van der Waals surface area contributed by atoms with Crippen LogP contribution in [0, 0.1) is 0 Å². The van der Waals surface area contributed by atoms with Crippen LogP contribution < -0.4 is 4.57 Å². The van der Waals surface area contributed by atoms with Crippen molar-refractivity contribution in [1.29, 1.82) is 0 Å². The molecule has 1 aromatic carbocycles. The number of rotatable bonds is 3. The van der Waals surface area contributed by atoms with Gasteiger partial charge in [-0.1, -0.05) is 24.3 Å². The summed E-state index contributed by atoms with van der Waals surface area (Å²) < 4.78 is 4.21. The number of benzene rings is 1. The molecule has 0 aliphatic heterocycles. The molecule has 1 heterocycles. The summed E-state index contributed by atoms with van der Waals surface area (Å²) in [6, 6.07) is 7.70. The number of aromatic nitrogens is 2. The summed E-state index contributed by atoms with van der Waals surface area (Å²) in [5.41, 5.74) is 1.93. The third-order valence-electron chi connectivity index (χ3n) is 2.81. The molecule has 0 saturated carbocycles. The molecule has 0 saturated heterocycles. The highest BCUT2D eigenvalue weighted by Crippen LogP contribution is 2.07. The summed E-state index contributed by atoms with van der Waals surface area (Å²) in [6.45, 7) is 0. The van der Waals surface area contributed by atoms with Crippen molar-refractivity contribution in [3.63, 3.8) is 0 Å². The highest BCUT2D eigenvalue weighted by molar-refractivity contribution is 5.74. The second-order valence-corrected chi connectivity index (χ2v) is 3.97. The molecule has 0 radical (unpaired) electrons. The van der Waals surface area contributed by atoms with Crippen LogP contribution in [-0.4, -0.2) is 10.9 Å². The van der Waals surface area contributed by atoms with E-state index in [-0.39, 0.29) is 0 Å². The monoisotopic (exact) mass is 215 g/mol. The Morgan fingerprint density at radius 2 is 2.00 bits per heavy atom. The van der Waals surface area contributed by atoms with E-state index in [4.69, 9.17) is 0 Å². The normalized spacial score (nSPS) is 10.4. The molecular formula is C13H15N2O+. The second-order valence-electron chi connectivity index (χ2n) is 3.97. The van der Waals surface area contributed by atoms with Crippen molar-refractivity contribution in [2.75, 3.05) is 0 Å². The molecule has 16 heavy (non-hydrogen) atoms. The maximum Gasteiger partial charge on any atom is 0.260 e. The van der Waals surface area contributed by atoms with Crippen LogP contribution in [0.4, 0.5) is 0 Å². The van der Waals surface area contributed by atoms with Crippen LogP contribution in [0.3, 0.4) is 0 Å². The van der Waals surface area contributed by atoms with Crippen LogP contribution >= 0.6 is 0 Å². The van der Waals surface area contributed by atoms with Gasteiger partial charge in [0.1, 0.15) is 18.7 Å². The summed E-state index contributed by atoms with van der Waals surface area (Å²) in [7, 11) is 4.07. The smallest absolute Gasteiger partial charge is 0.260 e. The van der Waals surface area contributed by atoms with E-state index in [2.05, 4.69) is 9.13 Å². The van der Waals surface area contributed by atoms with Gasteiger partial charge in [0.25, 0.3) is 5.82 Å². The Hall–Kier alpha value is -1.90. The Morgan fingerprint density at radius 3 is 2.50 bits per heavy atom. The molecule has 1 aromatic heterocycles. The van der Waals surface area contributed by atoms with Gasteiger partial charge in [0.05, 0.1) is 20.5 Å². The molecule has 3 nitrogen and oxygen atoms in total. The second kappa shape index (κ2) is 4.31. The molecule has 3 heteroatoms. The third kappa shape index (κ3) is 2.03.